The summed E-state index contributed by atoms with van der Waals surface area (Å²) in [5.74, 6) is 0. The molecule has 0 unspecified atom stereocenters. The van der Waals surface area contributed by atoms with E-state index in [1.54, 1.807) is 0 Å². The Bertz CT molecular complexity index is 1140. The summed E-state index contributed by atoms with van der Waals surface area (Å²) in [5.41, 5.74) is 11.0. The summed E-state index contributed by atoms with van der Waals surface area (Å²) >= 11 is 0. The second-order valence-electron chi connectivity index (χ2n) is 6.68. The van der Waals surface area contributed by atoms with E-state index in [2.05, 4.69) is 59.8 Å². The number of hydrogen-bond acceptors (Lipinski definition) is 2. The van der Waals surface area contributed by atoms with Crippen molar-refractivity contribution in [3.05, 3.63) is 78.0 Å². The molecule has 0 aliphatic heterocycles. The van der Waals surface area contributed by atoms with Crippen molar-refractivity contribution >= 4 is 22.5 Å². The van der Waals surface area contributed by atoms with Gasteiger partial charge in [-0.15, -0.1) is 0 Å². The van der Waals surface area contributed by atoms with Gasteiger partial charge in [-0.2, -0.15) is 5.10 Å². The Morgan fingerprint density at radius 3 is 2.37 bits per heavy atom. The number of urea groups is 1. The van der Waals surface area contributed by atoms with Gasteiger partial charge in [0.25, 0.3) is 0 Å². The van der Waals surface area contributed by atoms with Crippen molar-refractivity contribution in [3.63, 3.8) is 0 Å². The van der Waals surface area contributed by atoms with Gasteiger partial charge in [-0.25, -0.2) is 9.48 Å². The molecule has 4 rings (SSSR count). The fraction of sp³-hybridized carbons (Fsp3) is 0.0909. The number of aromatic nitrogens is 2. The highest BCUT2D eigenvalue weighted by Crippen LogP contribution is 2.28. The van der Waals surface area contributed by atoms with Crippen molar-refractivity contribution in [2.45, 2.75) is 13.8 Å². The quantitative estimate of drug-likeness (QED) is 0.553. The zero-order chi connectivity index (χ0) is 19.0. The zero-order valence-corrected chi connectivity index (χ0v) is 15.2. The van der Waals surface area contributed by atoms with Crippen molar-refractivity contribution in [1.82, 2.24) is 9.78 Å². The maximum atomic E-state index is 11.0. The minimum absolute atomic E-state index is 0.579. The van der Waals surface area contributed by atoms with Gasteiger partial charge in [-0.05, 0) is 61.0 Å². The molecule has 1 aromatic heterocycles. The standard InChI is InChI=1S/C22H20N4O/c1-14-3-4-17-13-18(6-5-16(17)11-14)21-12-15(2)25-26(21)20-9-7-19(8-10-20)24-22(23)27/h3-13H,1-2H3,(H3,23,24,27). The number of benzene rings is 3. The molecule has 134 valence electrons. The maximum Gasteiger partial charge on any atom is 0.316 e. The molecule has 0 aliphatic carbocycles. The summed E-state index contributed by atoms with van der Waals surface area (Å²) < 4.78 is 1.92. The highest BCUT2D eigenvalue weighted by atomic mass is 16.2. The molecule has 3 N–H and O–H groups in total. The Balaban J connectivity index is 1.77. The van der Waals surface area contributed by atoms with Crippen LogP contribution in [0.1, 0.15) is 11.3 Å². The fourth-order valence-corrected chi connectivity index (χ4v) is 3.25. The van der Waals surface area contributed by atoms with Gasteiger partial charge < -0.3 is 11.1 Å². The molecule has 0 fully saturated rings. The zero-order valence-electron chi connectivity index (χ0n) is 15.2. The predicted molar refractivity (Wildman–Crippen MR) is 109 cm³/mol. The smallest absolute Gasteiger partial charge is 0.316 e. The van der Waals surface area contributed by atoms with Crippen LogP contribution in [0.5, 0.6) is 0 Å². The molecule has 0 radical (unpaired) electrons. The van der Waals surface area contributed by atoms with E-state index in [0.29, 0.717) is 5.69 Å². The van der Waals surface area contributed by atoms with Gasteiger partial charge in [0.05, 0.1) is 17.1 Å². The van der Waals surface area contributed by atoms with Crippen LogP contribution in [-0.4, -0.2) is 15.8 Å². The molecule has 5 nitrogen and oxygen atoms in total. The van der Waals surface area contributed by atoms with E-state index in [1.807, 2.05) is 35.9 Å². The molecule has 0 saturated heterocycles. The molecule has 0 aliphatic rings. The number of anilines is 1. The molecule has 0 atom stereocenters. The number of fused-ring (bicyclic) bond motifs is 1. The van der Waals surface area contributed by atoms with E-state index in [1.165, 1.54) is 16.3 Å². The first-order valence-corrected chi connectivity index (χ1v) is 8.74. The number of rotatable bonds is 3. The van der Waals surface area contributed by atoms with Crippen molar-refractivity contribution < 1.29 is 4.79 Å². The largest absolute Gasteiger partial charge is 0.351 e. The number of amides is 2. The van der Waals surface area contributed by atoms with Crippen molar-refractivity contribution in [3.8, 4) is 16.9 Å². The Hall–Kier alpha value is -3.60. The summed E-state index contributed by atoms with van der Waals surface area (Å²) in [4.78, 5) is 11.0. The number of nitrogens with zero attached hydrogens (tertiary/aromatic N) is 2. The van der Waals surface area contributed by atoms with E-state index in [9.17, 15) is 4.79 Å². The maximum absolute atomic E-state index is 11.0. The van der Waals surface area contributed by atoms with E-state index in [0.717, 1.165) is 22.6 Å². The molecule has 0 bridgehead atoms. The molecule has 5 heteroatoms. The summed E-state index contributed by atoms with van der Waals surface area (Å²) in [6, 6.07) is 21.8. The van der Waals surface area contributed by atoms with Crippen LogP contribution < -0.4 is 11.1 Å². The Morgan fingerprint density at radius 2 is 1.63 bits per heavy atom. The van der Waals surface area contributed by atoms with Crippen molar-refractivity contribution in [2.24, 2.45) is 5.73 Å². The van der Waals surface area contributed by atoms with Crippen LogP contribution in [0, 0.1) is 13.8 Å². The number of hydrogen-bond donors (Lipinski definition) is 2. The third kappa shape index (κ3) is 3.40. The highest BCUT2D eigenvalue weighted by molar-refractivity contribution is 5.88. The molecule has 4 aromatic rings. The molecule has 1 heterocycles. The predicted octanol–water partition coefficient (Wildman–Crippen LogP) is 4.80. The van der Waals surface area contributed by atoms with Crippen LogP contribution >= 0.6 is 0 Å². The van der Waals surface area contributed by atoms with E-state index < -0.39 is 6.03 Å². The van der Waals surface area contributed by atoms with E-state index >= 15 is 0 Å². The molecular formula is C22H20N4O. The molecular weight excluding hydrogens is 336 g/mol. The van der Waals surface area contributed by atoms with Gasteiger partial charge in [0.15, 0.2) is 0 Å². The van der Waals surface area contributed by atoms with Crippen LogP contribution in [0.25, 0.3) is 27.7 Å². The van der Waals surface area contributed by atoms with Gasteiger partial charge in [0.2, 0.25) is 0 Å². The number of carbonyl (C=O) groups is 1. The number of primary amides is 1. The first kappa shape index (κ1) is 16.8. The third-order valence-electron chi connectivity index (χ3n) is 4.50. The lowest BCUT2D eigenvalue weighted by molar-refractivity contribution is 0.259. The van der Waals surface area contributed by atoms with Gasteiger partial charge in [0, 0.05) is 11.3 Å². The molecule has 2 amide bonds. The summed E-state index contributed by atoms with van der Waals surface area (Å²) in [7, 11) is 0. The number of carbonyl (C=O) groups excluding carboxylic acids is 1. The number of nitrogens with one attached hydrogen (secondary N) is 1. The van der Waals surface area contributed by atoms with Crippen LogP contribution in [0.3, 0.4) is 0 Å². The lowest BCUT2D eigenvalue weighted by Crippen LogP contribution is -2.19. The van der Waals surface area contributed by atoms with Crippen LogP contribution in [0.15, 0.2) is 66.7 Å². The normalized spacial score (nSPS) is 10.9. The second-order valence-corrected chi connectivity index (χ2v) is 6.68. The first-order chi connectivity index (χ1) is 13.0. The summed E-state index contributed by atoms with van der Waals surface area (Å²) in [5, 5.41) is 9.64. The fourth-order valence-electron chi connectivity index (χ4n) is 3.25. The van der Waals surface area contributed by atoms with Crippen LogP contribution in [0.2, 0.25) is 0 Å². The Kier molecular flexibility index (Phi) is 4.12. The average Bonchev–Trinajstić information content (AvgIpc) is 3.03. The topological polar surface area (TPSA) is 72.9 Å². The minimum atomic E-state index is -0.579. The Morgan fingerprint density at radius 1 is 0.926 bits per heavy atom. The molecule has 0 spiro atoms. The minimum Gasteiger partial charge on any atom is -0.351 e. The lowest BCUT2D eigenvalue weighted by Gasteiger charge is -2.10. The average molecular weight is 356 g/mol. The SMILES string of the molecule is Cc1ccc2cc(-c3cc(C)nn3-c3ccc(NC(N)=O)cc3)ccc2c1. The van der Waals surface area contributed by atoms with Crippen LogP contribution in [0.4, 0.5) is 10.5 Å². The third-order valence-corrected chi connectivity index (χ3v) is 4.50. The van der Waals surface area contributed by atoms with E-state index in [4.69, 9.17) is 5.73 Å². The number of aryl methyl sites for hydroxylation is 2. The van der Waals surface area contributed by atoms with Gasteiger partial charge in [0.1, 0.15) is 0 Å². The monoisotopic (exact) mass is 356 g/mol. The number of nitrogens with two attached hydrogens (primary N) is 1. The first-order valence-electron chi connectivity index (χ1n) is 8.74. The molecule has 27 heavy (non-hydrogen) atoms. The van der Waals surface area contributed by atoms with Crippen LogP contribution in [-0.2, 0) is 0 Å². The second kappa shape index (κ2) is 6.61. The van der Waals surface area contributed by atoms with Gasteiger partial charge >= 0.3 is 6.03 Å². The highest BCUT2D eigenvalue weighted by Gasteiger charge is 2.11. The molecule has 3 aromatic carbocycles. The summed E-state index contributed by atoms with van der Waals surface area (Å²) in [6.45, 7) is 4.08. The Labute approximate surface area is 157 Å². The van der Waals surface area contributed by atoms with Gasteiger partial charge in [-0.3, -0.25) is 0 Å². The molecule has 0 saturated carbocycles. The van der Waals surface area contributed by atoms with E-state index in [-0.39, 0.29) is 0 Å². The van der Waals surface area contributed by atoms with Gasteiger partial charge in [-0.1, -0.05) is 35.9 Å². The van der Waals surface area contributed by atoms with Crippen molar-refractivity contribution in [2.75, 3.05) is 5.32 Å². The van der Waals surface area contributed by atoms with Crippen molar-refractivity contribution in [1.29, 1.82) is 0 Å². The lowest BCUT2D eigenvalue weighted by atomic mass is 10.0. The summed E-state index contributed by atoms with van der Waals surface area (Å²) in [6.07, 6.45) is 0.